The first-order chi connectivity index (χ1) is 6.24. The summed E-state index contributed by atoms with van der Waals surface area (Å²) in [6.45, 7) is 0.196. The fourth-order valence-corrected chi connectivity index (χ4v) is 0.951. The fraction of sp³-hybridized carbons (Fsp3) is 0.222. The third-order valence-corrected chi connectivity index (χ3v) is 1.55. The Morgan fingerprint density at radius 1 is 1.54 bits per heavy atom. The lowest BCUT2D eigenvalue weighted by Crippen LogP contribution is -2.26. The Bertz CT molecular complexity index is 299. The van der Waals surface area contributed by atoms with Crippen LogP contribution < -0.4 is 11.1 Å². The van der Waals surface area contributed by atoms with Crippen molar-refractivity contribution in [2.24, 2.45) is 0 Å². The Balaban J connectivity index is 2.66. The summed E-state index contributed by atoms with van der Waals surface area (Å²) in [7, 11) is 0. The maximum absolute atomic E-state index is 11.3. The first-order valence-electron chi connectivity index (χ1n) is 3.98. The molecule has 0 saturated heterocycles. The molecule has 0 heterocycles. The first kappa shape index (κ1) is 9.54. The normalized spacial score (nSPS) is 9.62. The van der Waals surface area contributed by atoms with Crippen LogP contribution in [0.5, 0.6) is 0 Å². The molecular weight excluding hydrogens is 168 g/mol. The van der Waals surface area contributed by atoms with Crippen LogP contribution in [0.4, 0.5) is 5.69 Å². The van der Waals surface area contributed by atoms with Crippen LogP contribution in [0.2, 0.25) is 0 Å². The van der Waals surface area contributed by atoms with Gasteiger partial charge in [-0.1, -0.05) is 6.07 Å². The van der Waals surface area contributed by atoms with E-state index in [1.807, 2.05) is 0 Å². The second-order valence-electron chi connectivity index (χ2n) is 2.60. The van der Waals surface area contributed by atoms with Gasteiger partial charge in [0.1, 0.15) is 0 Å². The minimum Gasteiger partial charge on any atom is -0.399 e. The monoisotopic (exact) mass is 180 g/mol. The molecule has 0 aliphatic rings. The van der Waals surface area contributed by atoms with Crippen molar-refractivity contribution >= 4 is 11.6 Å². The van der Waals surface area contributed by atoms with Gasteiger partial charge in [-0.05, 0) is 18.2 Å². The predicted octanol–water partition coefficient (Wildman–Crippen LogP) is -0.00910. The van der Waals surface area contributed by atoms with E-state index in [9.17, 15) is 4.79 Å². The van der Waals surface area contributed by atoms with Crippen LogP contribution in [0.25, 0.3) is 0 Å². The van der Waals surface area contributed by atoms with Crippen molar-refractivity contribution in [3.05, 3.63) is 29.8 Å². The van der Waals surface area contributed by atoms with Gasteiger partial charge in [0, 0.05) is 17.8 Å². The Labute approximate surface area is 76.4 Å². The van der Waals surface area contributed by atoms with E-state index in [1.54, 1.807) is 24.3 Å². The highest BCUT2D eigenvalue weighted by Crippen LogP contribution is 2.05. The molecule has 1 amide bonds. The maximum atomic E-state index is 11.3. The number of carbonyl (C=O) groups excluding carboxylic acids is 1. The number of nitrogen functional groups attached to an aromatic ring is 1. The first-order valence-corrected chi connectivity index (χ1v) is 3.98. The maximum Gasteiger partial charge on any atom is 0.251 e. The summed E-state index contributed by atoms with van der Waals surface area (Å²) in [6, 6.07) is 6.68. The zero-order chi connectivity index (χ0) is 9.68. The molecule has 0 radical (unpaired) electrons. The van der Waals surface area contributed by atoms with Gasteiger partial charge >= 0.3 is 0 Å². The Kier molecular flexibility index (Phi) is 3.28. The number of aliphatic hydroxyl groups is 1. The molecule has 13 heavy (non-hydrogen) atoms. The number of carbonyl (C=O) groups is 1. The Morgan fingerprint density at radius 2 is 2.31 bits per heavy atom. The Hall–Kier alpha value is -1.55. The highest BCUT2D eigenvalue weighted by Gasteiger charge is 2.03. The van der Waals surface area contributed by atoms with E-state index < -0.39 is 0 Å². The van der Waals surface area contributed by atoms with E-state index in [4.69, 9.17) is 10.8 Å². The summed E-state index contributed by atoms with van der Waals surface area (Å²) in [5.41, 5.74) is 6.56. The smallest absolute Gasteiger partial charge is 0.251 e. The molecule has 1 aromatic carbocycles. The number of benzene rings is 1. The molecule has 1 rings (SSSR count). The molecule has 4 heteroatoms. The molecular formula is C9H12N2O2. The number of amides is 1. The van der Waals surface area contributed by atoms with E-state index in [0.717, 1.165) is 0 Å². The molecule has 4 nitrogen and oxygen atoms in total. The van der Waals surface area contributed by atoms with Gasteiger partial charge in [-0.15, -0.1) is 0 Å². The molecule has 70 valence electrons. The summed E-state index contributed by atoms with van der Waals surface area (Å²) in [4.78, 5) is 11.3. The number of hydrogen-bond acceptors (Lipinski definition) is 3. The van der Waals surface area contributed by atoms with Crippen LogP contribution in [0.15, 0.2) is 24.3 Å². The van der Waals surface area contributed by atoms with Crippen molar-refractivity contribution in [3.8, 4) is 0 Å². The highest BCUT2D eigenvalue weighted by molar-refractivity contribution is 5.94. The summed E-state index contributed by atoms with van der Waals surface area (Å²) < 4.78 is 0. The van der Waals surface area contributed by atoms with Crippen LogP contribution in [0.1, 0.15) is 10.4 Å². The number of aliphatic hydroxyl groups excluding tert-OH is 1. The topological polar surface area (TPSA) is 75.4 Å². The summed E-state index contributed by atoms with van der Waals surface area (Å²) >= 11 is 0. The zero-order valence-electron chi connectivity index (χ0n) is 7.16. The molecule has 0 fully saturated rings. The molecule has 0 saturated carbocycles. The van der Waals surface area contributed by atoms with Gasteiger partial charge in [-0.2, -0.15) is 0 Å². The van der Waals surface area contributed by atoms with Crippen molar-refractivity contribution in [1.82, 2.24) is 5.32 Å². The fourth-order valence-electron chi connectivity index (χ4n) is 0.951. The van der Waals surface area contributed by atoms with Crippen molar-refractivity contribution < 1.29 is 9.90 Å². The third kappa shape index (κ3) is 2.76. The average molecular weight is 180 g/mol. The van der Waals surface area contributed by atoms with Crippen molar-refractivity contribution in [2.45, 2.75) is 0 Å². The van der Waals surface area contributed by atoms with Crippen molar-refractivity contribution in [1.29, 1.82) is 0 Å². The quantitative estimate of drug-likeness (QED) is 0.573. The van der Waals surface area contributed by atoms with Crippen LogP contribution in [0.3, 0.4) is 0 Å². The van der Waals surface area contributed by atoms with E-state index in [0.29, 0.717) is 11.3 Å². The van der Waals surface area contributed by atoms with E-state index in [2.05, 4.69) is 5.32 Å². The lowest BCUT2D eigenvalue weighted by molar-refractivity contribution is 0.0945. The molecule has 4 N–H and O–H groups in total. The van der Waals surface area contributed by atoms with Gasteiger partial charge < -0.3 is 16.2 Å². The average Bonchev–Trinajstić information content (AvgIpc) is 2.14. The van der Waals surface area contributed by atoms with Gasteiger partial charge in [-0.3, -0.25) is 4.79 Å². The molecule has 0 unspecified atom stereocenters. The van der Waals surface area contributed by atoms with E-state index in [1.165, 1.54) is 0 Å². The van der Waals surface area contributed by atoms with Crippen molar-refractivity contribution in [3.63, 3.8) is 0 Å². The van der Waals surface area contributed by atoms with Gasteiger partial charge in [0.15, 0.2) is 0 Å². The second-order valence-corrected chi connectivity index (χ2v) is 2.60. The standard InChI is InChI=1S/C9H12N2O2/c10-8-3-1-2-7(6-8)9(13)11-4-5-12/h1-3,6,12H,4-5,10H2,(H,11,13). The predicted molar refractivity (Wildman–Crippen MR) is 50.3 cm³/mol. The van der Waals surface area contributed by atoms with Gasteiger partial charge in [0.25, 0.3) is 5.91 Å². The van der Waals surface area contributed by atoms with Gasteiger partial charge in [0.2, 0.25) is 0 Å². The van der Waals surface area contributed by atoms with Crippen LogP contribution in [-0.2, 0) is 0 Å². The van der Waals surface area contributed by atoms with Gasteiger partial charge in [-0.25, -0.2) is 0 Å². The minimum atomic E-state index is -0.221. The lowest BCUT2D eigenvalue weighted by atomic mass is 10.2. The van der Waals surface area contributed by atoms with E-state index >= 15 is 0 Å². The molecule has 1 aromatic rings. The summed E-state index contributed by atoms with van der Waals surface area (Å²) in [5, 5.41) is 11.0. The van der Waals surface area contributed by atoms with E-state index in [-0.39, 0.29) is 19.1 Å². The van der Waals surface area contributed by atoms with Gasteiger partial charge in [0.05, 0.1) is 6.61 Å². The van der Waals surface area contributed by atoms with Crippen molar-refractivity contribution in [2.75, 3.05) is 18.9 Å². The summed E-state index contributed by atoms with van der Waals surface area (Å²) in [5.74, 6) is -0.221. The minimum absolute atomic E-state index is 0.0615. The highest BCUT2D eigenvalue weighted by atomic mass is 16.3. The molecule has 0 aliphatic heterocycles. The molecule has 0 aromatic heterocycles. The Morgan fingerprint density at radius 3 is 2.92 bits per heavy atom. The number of nitrogens with one attached hydrogen (secondary N) is 1. The van der Waals surface area contributed by atoms with Crippen LogP contribution in [-0.4, -0.2) is 24.2 Å². The largest absolute Gasteiger partial charge is 0.399 e. The lowest BCUT2D eigenvalue weighted by Gasteiger charge is -2.03. The molecule has 0 spiro atoms. The number of anilines is 1. The number of hydrogen-bond donors (Lipinski definition) is 3. The summed E-state index contributed by atoms with van der Waals surface area (Å²) in [6.07, 6.45) is 0. The molecule has 0 bridgehead atoms. The zero-order valence-corrected chi connectivity index (χ0v) is 7.16. The molecule has 0 atom stereocenters. The number of nitrogens with two attached hydrogens (primary N) is 1. The third-order valence-electron chi connectivity index (χ3n) is 1.55. The second kappa shape index (κ2) is 4.47. The SMILES string of the molecule is Nc1cccc(C(=O)NCCO)c1. The van der Waals surface area contributed by atoms with Crippen LogP contribution >= 0.6 is 0 Å². The van der Waals surface area contributed by atoms with Crippen LogP contribution in [0, 0.1) is 0 Å². The molecule has 0 aliphatic carbocycles. The number of rotatable bonds is 3.